The molecule has 0 aliphatic rings. The van der Waals surface area contributed by atoms with Crippen LogP contribution >= 0.6 is 0 Å². The third kappa shape index (κ3) is 4.11. The molecule has 0 atom stereocenters. The first-order chi connectivity index (χ1) is 12.1. The van der Waals surface area contributed by atoms with Crippen LogP contribution in [-0.4, -0.2) is 15.7 Å². The van der Waals surface area contributed by atoms with Crippen molar-refractivity contribution in [3.8, 4) is 0 Å². The summed E-state index contributed by atoms with van der Waals surface area (Å²) in [7, 11) is 0. The van der Waals surface area contributed by atoms with Gasteiger partial charge < -0.3 is 9.32 Å². The van der Waals surface area contributed by atoms with Gasteiger partial charge in [-0.2, -0.15) is 0 Å². The molecule has 1 heterocycles. The van der Waals surface area contributed by atoms with E-state index in [1.807, 2.05) is 30.3 Å². The number of non-ortho nitro benzene ring substituents is 1. The van der Waals surface area contributed by atoms with E-state index in [0.29, 0.717) is 12.3 Å². The Kier molecular flexibility index (Phi) is 4.89. The number of carbonyl (C=O) groups excluding carboxylic acids is 1. The van der Waals surface area contributed by atoms with Crippen LogP contribution in [0.15, 0.2) is 77.4 Å². The Morgan fingerprint density at radius 2 is 1.80 bits per heavy atom. The predicted molar refractivity (Wildman–Crippen MR) is 91.8 cm³/mol. The van der Waals surface area contributed by atoms with Gasteiger partial charge >= 0.3 is 0 Å². The molecule has 1 aromatic heterocycles. The Hall–Kier alpha value is -3.41. The molecular formula is C19H16N2O4. The van der Waals surface area contributed by atoms with Gasteiger partial charge in [-0.1, -0.05) is 36.4 Å². The van der Waals surface area contributed by atoms with Gasteiger partial charge in [-0.25, -0.2) is 0 Å². The standard InChI is InChI=1S/C19H16N2O4/c22-19(16-8-4-9-17(12-16)21(23)24)20(14-18-10-5-11-25-18)13-15-6-2-1-3-7-15/h1-12H,13-14H2. The molecule has 0 spiro atoms. The van der Waals surface area contributed by atoms with Crippen LogP contribution in [0.25, 0.3) is 0 Å². The molecule has 6 nitrogen and oxygen atoms in total. The van der Waals surface area contributed by atoms with E-state index >= 15 is 0 Å². The van der Waals surface area contributed by atoms with E-state index < -0.39 is 4.92 Å². The summed E-state index contributed by atoms with van der Waals surface area (Å²) in [4.78, 5) is 25.0. The highest BCUT2D eigenvalue weighted by molar-refractivity contribution is 5.94. The third-order valence-electron chi connectivity index (χ3n) is 3.73. The van der Waals surface area contributed by atoms with E-state index in [0.717, 1.165) is 5.56 Å². The predicted octanol–water partition coefficient (Wildman–Crippen LogP) is 4.03. The summed E-state index contributed by atoms with van der Waals surface area (Å²) in [5.41, 5.74) is 1.13. The topological polar surface area (TPSA) is 76.6 Å². The van der Waals surface area contributed by atoms with Crippen LogP contribution in [-0.2, 0) is 13.1 Å². The van der Waals surface area contributed by atoms with Gasteiger partial charge in [-0.05, 0) is 23.8 Å². The lowest BCUT2D eigenvalue weighted by molar-refractivity contribution is -0.384. The fourth-order valence-corrected chi connectivity index (χ4v) is 2.53. The average Bonchev–Trinajstić information content (AvgIpc) is 3.14. The maximum Gasteiger partial charge on any atom is 0.270 e. The third-order valence-corrected chi connectivity index (χ3v) is 3.73. The van der Waals surface area contributed by atoms with Crippen molar-refractivity contribution in [3.63, 3.8) is 0 Å². The van der Waals surface area contributed by atoms with Crippen LogP contribution in [0.1, 0.15) is 21.7 Å². The monoisotopic (exact) mass is 336 g/mol. The van der Waals surface area contributed by atoms with E-state index in [1.54, 1.807) is 29.4 Å². The van der Waals surface area contributed by atoms with Gasteiger partial charge in [0.2, 0.25) is 0 Å². The van der Waals surface area contributed by atoms with Crippen molar-refractivity contribution in [1.29, 1.82) is 0 Å². The molecule has 3 rings (SSSR count). The van der Waals surface area contributed by atoms with Crippen molar-refractivity contribution in [3.05, 3.63) is 100.0 Å². The molecule has 1 amide bonds. The summed E-state index contributed by atoms with van der Waals surface area (Å²) in [5, 5.41) is 11.0. The zero-order valence-electron chi connectivity index (χ0n) is 13.4. The van der Waals surface area contributed by atoms with Gasteiger partial charge in [-0.15, -0.1) is 0 Å². The molecule has 25 heavy (non-hydrogen) atoms. The van der Waals surface area contributed by atoms with Gasteiger partial charge in [0.15, 0.2) is 0 Å². The Morgan fingerprint density at radius 3 is 2.48 bits per heavy atom. The first-order valence-electron chi connectivity index (χ1n) is 7.73. The number of nitro groups is 1. The van der Waals surface area contributed by atoms with Crippen LogP contribution in [0, 0.1) is 10.1 Å². The lowest BCUT2D eigenvalue weighted by Gasteiger charge is -2.22. The number of rotatable bonds is 6. The zero-order chi connectivity index (χ0) is 17.6. The molecule has 0 N–H and O–H groups in total. The van der Waals surface area contributed by atoms with Crippen LogP contribution in [0.3, 0.4) is 0 Å². The molecular weight excluding hydrogens is 320 g/mol. The molecule has 0 aliphatic carbocycles. The number of nitrogens with zero attached hydrogens (tertiary/aromatic N) is 2. The van der Waals surface area contributed by atoms with E-state index in [1.165, 1.54) is 18.2 Å². The molecule has 3 aromatic rings. The molecule has 0 unspecified atom stereocenters. The van der Waals surface area contributed by atoms with Crippen LogP contribution < -0.4 is 0 Å². The highest BCUT2D eigenvalue weighted by atomic mass is 16.6. The summed E-state index contributed by atoms with van der Waals surface area (Å²) >= 11 is 0. The van der Waals surface area contributed by atoms with Crippen molar-refractivity contribution < 1.29 is 14.1 Å². The van der Waals surface area contributed by atoms with E-state index in [9.17, 15) is 14.9 Å². The fraction of sp³-hybridized carbons (Fsp3) is 0.105. The first-order valence-corrected chi connectivity index (χ1v) is 7.73. The number of carbonyl (C=O) groups is 1. The minimum absolute atomic E-state index is 0.108. The smallest absolute Gasteiger partial charge is 0.270 e. The molecule has 2 aromatic carbocycles. The molecule has 0 radical (unpaired) electrons. The average molecular weight is 336 g/mol. The highest BCUT2D eigenvalue weighted by Crippen LogP contribution is 2.18. The summed E-state index contributed by atoms with van der Waals surface area (Å²) < 4.78 is 5.35. The van der Waals surface area contributed by atoms with E-state index in [-0.39, 0.29) is 23.7 Å². The molecule has 0 fully saturated rings. The summed E-state index contributed by atoms with van der Waals surface area (Å²) in [6.45, 7) is 0.659. The molecule has 0 saturated heterocycles. The van der Waals surface area contributed by atoms with Gasteiger partial charge in [0.1, 0.15) is 5.76 Å². The number of hydrogen-bond acceptors (Lipinski definition) is 4. The van der Waals surface area contributed by atoms with Crippen LogP contribution in [0.2, 0.25) is 0 Å². The molecule has 0 aliphatic heterocycles. The minimum Gasteiger partial charge on any atom is -0.467 e. The summed E-state index contributed by atoms with van der Waals surface area (Å²) in [6, 6.07) is 18.9. The normalized spacial score (nSPS) is 10.4. The summed E-state index contributed by atoms with van der Waals surface area (Å²) in [5.74, 6) is 0.360. The van der Waals surface area contributed by atoms with Crippen LogP contribution in [0.4, 0.5) is 5.69 Å². The Balaban J connectivity index is 1.88. The fourth-order valence-electron chi connectivity index (χ4n) is 2.53. The van der Waals surface area contributed by atoms with Crippen LogP contribution in [0.5, 0.6) is 0 Å². The lowest BCUT2D eigenvalue weighted by Crippen LogP contribution is -2.30. The SMILES string of the molecule is O=C(c1cccc([N+](=O)[O-])c1)N(Cc1ccccc1)Cc1ccco1. The van der Waals surface area contributed by atoms with E-state index in [2.05, 4.69) is 0 Å². The quantitative estimate of drug-likeness (QED) is 0.503. The second kappa shape index (κ2) is 7.44. The van der Waals surface area contributed by atoms with E-state index in [4.69, 9.17) is 4.42 Å². The van der Waals surface area contributed by atoms with Gasteiger partial charge in [0.05, 0.1) is 17.7 Å². The minimum atomic E-state index is -0.509. The van der Waals surface area contributed by atoms with Crippen molar-refractivity contribution in [2.45, 2.75) is 13.1 Å². The summed E-state index contributed by atoms with van der Waals surface area (Å²) in [6.07, 6.45) is 1.55. The largest absolute Gasteiger partial charge is 0.467 e. The van der Waals surface area contributed by atoms with Gasteiger partial charge in [0, 0.05) is 24.2 Å². The Bertz CT molecular complexity index is 860. The highest BCUT2D eigenvalue weighted by Gasteiger charge is 2.19. The number of benzene rings is 2. The molecule has 126 valence electrons. The number of furan rings is 1. The second-order valence-electron chi connectivity index (χ2n) is 5.53. The number of amides is 1. The molecule has 6 heteroatoms. The number of nitro benzene ring substituents is 1. The van der Waals surface area contributed by atoms with Crippen molar-refractivity contribution >= 4 is 11.6 Å². The molecule has 0 bridgehead atoms. The second-order valence-corrected chi connectivity index (χ2v) is 5.53. The number of hydrogen-bond donors (Lipinski definition) is 0. The van der Waals surface area contributed by atoms with Gasteiger partial charge in [-0.3, -0.25) is 14.9 Å². The lowest BCUT2D eigenvalue weighted by atomic mass is 10.1. The Labute approximate surface area is 144 Å². The zero-order valence-corrected chi connectivity index (χ0v) is 13.4. The first kappa shape index (κ1) is 16.4. The maximum absolute atomic E-state index is 12.9. The van der Waals surface area contributed by atoms with Crippen molar-refractivity contribution in [1.82, 2.24) is 4.90 Å². The van der Waals surface area contributed by atoms with Crippen molar-refractivity contribution in [2.24, 2.45) is 0 Å². The molecule has 0 saturated carbocycles. The Morgan fingerprint density at radius 1 is 1.00 bits per heavy atom. The maximum atomic E-state index is 12.9. The van der Waals surface area contributed by atoms with Gasteiger partial charge in [0.25, 0.3) is 11.6 Å². The van der Waals surface area contributed by atoms with Crippen molar-refractivity contribution in [2.75, 3.05) is 0 Å².